The van der Waals surface area contributed by atoms with Gasteiger partial charge >= 0.3 is 6.18 Å². The Bertz CT molecular complexity index is 966. The number of benzene rings is 2. The number of nitrogens with one attached hydrogen (secondary N) is 1. The number of fused-ring (bicyclic) bond motifs is 1. The van der Waals surface area contributed by atoms with Crippen molar-refractivity contribution in [1.29, 1.82) is 0 Å². The van der Waals surface area contributed by atoms with Crippen molar-refractivity contribution in [2.75, 3.05) is 5.75 Å². The highest BCUT2D eigenvalue weighted by Crippen LogP contribution is 2.29. The Balaban J connectivity index is 1.76. The fourth-order valence-electron chi connectivity index (χ4n) is 3.34. The average molecular weight is 436 g/mol. The number of thioether (sulfide) groups is 1. The van der Waals surface area contributed by atoms with Gasteiger partial charge in [0, 0.05) is 18.0 Å². The standard InChI is InChI=1S/C23H28F3N3S/c1-3-5-11-29-21-14-19(30-12-4-2)9-10-20(21)28-22(29)16-27-15-17-7-6-8-18(13-17)23(24,25)26/h6-10,13-14,27H,3-5,11-12,15-16H2,1-2H3. The maximum atomic E-state index is 12.9. The molecule has 0 spiro atoms. The van der Waals surface area contributed by atoms with Crippen LogP contribution in [0.1, 0.15) is 50.1 Å². The molecule has 0 amide bonds. The van der Waals surface area contributed by atoms with Crippen LogP contribution in [-0.2, 0) is 25.8 Å². The van der Waals surface area contributed by atoms with E-state index in [1.165, 1.54) is 17.0 Å². The van der Waals surface area contributed by atoms with E-state index in [1.807, 2.05) is 11.8 Å². The van der Waals surface area contributed by atoms with Gasteiger partial charge in [0.05, 0.1) is 23.1 Å². The van der Waals surface area contributed by atoms with Crippen LogP contribution >= 0.6 is 11.8 Å². The highest BCUT2D eigenvalue weighted by atomic mass is 32.2. The van der Waals surface area contributed by atoms with Gasteiger partial charge in [-0.3, -0.25) is 0 Å². The molecule has 0 saturated heterocycles. The fourth-order valence-corrected chi connectivity index (χ4v) is 4.14. The van der Waals surface area contributed by atoms with E-state index in [1.54, 1.807) is 6.07 Å². The summed E-state index contributed by atoms with van der Waals surface area (Å²) in [7, 11) is 0. The molecule has 0 aliphatic heterocycles. The van der Waals surface area contributed by atoms with E-state index in [-0.39, 0.29) is 0 Å². The molecule has 3 aromatic rings. The maximum absolute atomic E-state index is 12.9. The van der Waals surface area contributed by atoms with Crippen molar-refractivity contribution in [2.24, 2.45) is 0 Å². The SMILES string of the molecule is CCCCn1c(CNCc2cccc(C(F)(F)F)c2)nc2ccc(SCCC)cc21. The molecular weight excluding hydrogens is 407 g/mol. The predicted octanol–water partition coefficient (Wildman–Crippen LogP) is 6.65. The van der Waals surface area contributed by atoms with E-state index in [9.17, 15) is 13.2 Å². The number of hydrogen-bond donors (Lipinski definition) is 1. The van der Waals surface area contributed by atoms with Gasteiger partial charge in [-0.05, 0) is 48.4 Å². The zero-order chi connectivity index (χ0) is 21.6. The normalized spacial score (nSPS) is 12.0. The molecule has 0 fully saturated rings. The molecule has 3 nitrogen and oxygen atoms in total. The van der Waals surface area contributed by atoms with E-state index in [0.29, 0.717) is 18.7 Å². The minimum absolute atomic E-state index is 0.360. The number of rotatable bonds is 10. The molecule has 1 aromatic heterocycles. The second-order valence-corrected chi connectivity index (χ2v) is 8.50. The van der Waals surface area contributed by atoms with E-state index in [2.05, 4.69) is 41.9 Å². The van der Waals surface area contributed by atoms with Crippen molar-refractivity contribution in [1.82, 2.24) is 14.9 Å². The monoisotopic (exact) mass is 435 g/mol. The van der Waals surface area contributed by atoms with E-state index < -0.39 is 11.7 Å². The van der Waals surface area contributed by atoms with Gasteiger partial charge in [0.15, 0.2) is 0 Å². The van der Waals surface area contributed by atoms with Crippen LogP contribution in [0.15, 0.2) is 47.4 Å². The van der Waals surface area contributed by atoms with Crippen LogP contribution in [0.4, 0.5) is 13.2 Å². The predicted molar refractivity (Wildman–Crippen MR) is 118 cm³/mol. The first-order valence-electron chi connectivity index (χ1n) is 10.4. The molecule has 0 aliphatic rings. The third-order valence-corrected chi connectivity index (χ3v) is 6.07. The number of hydrogen-bond acceptors (Lipinski definition) is 3. The summed E-state index contributed by atoms with van der Waals surface area (Å²) in [5, 5.41) is 3.27. The molecule has 1 N–H and O–H groups in total. The average Bonchev–Trinajstić information content (AvgIpc) is 3.07. The second kappa shape index (κ2) is 10.4. The van der Waals surface area contributed by atoms with Crippen LogP contribution < -0.4 is 5.32 Å². The molecule has 0 atom stereocenters. The van der Waals surface area contributed by atoms with Gasteiger partial charge in [0.25, 0.3) is 0 Å². The molecule has 2 aromatic carbocycles. The lowest BCUT2D eigenvalue weighted by Gasteiger charge is -2.11. The largest absolute Gasteiger partial charge is 0.416 e. The number of unbranched alkanes of at least 4 members (excludes halogenated alkanes) is 1. The Morgan fingerprint density at radius 2 is 1.87 bits per heavy atom. The second-order valence-electron chi connectivity index (χ2n) is 7.33. The van der Waals surface area contributed by atoms with Crippen molar-refractivity contribution >= 4 is 22.8 Å². The summed E-state index contributed by atoms with van der Waals surface area (Å²) in [6.07, 6.45) is -1.06. The molecule has 0 bridgehead atoms. The van der Waals surface area contributed by atoms with Gasteiger partial charge in [-0.25, -0.2) is 4.98 Å². The van der Waals surface area contributed by atoms with Crippen molar-refractivity contribution < 1.29 is 13.2 Å². The zero-order valence-corrected chi connectivity index (χ0v) is 18.2. The lowest BCUT2D eigenvalue weighted by molar-refractivity contribution is -0.137. The number of imidazole rings is 1. The highest BCUT2D eigenvalue weighted by molar-refractivity contribution is 7.99. The smallest absolute Gasteiger partial charge is 0.327 e. The topological polar surface area (TPSA) is 29.9 Å². The summed E-state index contributed by atoms with van der Waals surface area (Å²) < 4.78 is 41.0. The minimum atomic E-state index is -4.32. The molecule has 162 valence electrons. The van der Waals surface area contributed by atoms with Crippen LogP contribution in [0.5, 0.6) is 0 Å². The first-order valence-corrected chi connectivity index (χ1v) is 11.4. The molecular formula is C23H28F3N3S. The van der Waals surface area contributed by atoms with Gasteiger partial charge in [-0.1, -0.05) is 38.5 Å². The van der Waals surface area contributed by atoms with Crippen LogP contribution in [0.2, 0.25) is 0 Å². The quantitative estimate of drug-likeness (QED) is 0.362. The van der Waals surface area contributed by atoms with Gasteiger partial charge in [0.2, 0.25) is 0 Å². The van der Waals surface area contributed by atoms with Gasteiger partial charge < -0.3 is 9.88 Å². The Kier molecular flexibility index (Phi) is 7.83. The van der Waals surface area contributed by atoms with Gasteiger partial charge in [-0.2, -0.15) is 13.2 Å². The molecule has 0 saturated carbocycles. The molecule has 30 heavy (non-hydrogen) atoms. The highest BCUT2D eigenvalue weighted by Gasteiger charge is 2.30. The molecule has 0 radical (unpaired) electrons. The molecule has 0 unspecified atom stereocenters. The summed E-state index contributed by atoms with van der Waals surface area (Å²) in [4.78, 5) is 6.03. The fraction of sp³-hybridized carbons (Fsp3) is 0.435. The summed E-state index contributed by atoms with van der Waals surface area (Å²) in [6, 6.07) is 11.8. The summed E-state index contributed by atoms with van der Waals surface area (Å²) in [6.45, 7) is 6.08. The van der Waals surface area contributed by atoms with Crippen molar-refractivity contribution in [3.63, 3.8) is 0 Å². The molecule has 0 aliphatic carbocycles. The van der Waals surface area contributed by atoms with E-state index in [4.69, 9.17) is 4.98 Å². The lowest BCUT2D eigenvalue weighted by Crippen LogP contribution is -2.17. The van der Waals surface area contributed by atoms with Crippen LogP contribution in [-0.4, -0.2) is 15.3 Å². The Labute approximate surface area is 180 Å². The number of aromatic nitrogens is 2. The summed E-state index contributed by atoms with van der Waals surface area (Å²) in [5.41, 5.74) is 2.08. The summed E-state index contributed by atoms with van der Waals surface area (Å²) >= 11 is 1.85. The van der Waals surface area contributed by atoms with Crippen molar-refractivity contribution in [2.45, 2.75) is 63.8 Å². The van der Waals surface area contributed by atoms with E-state index >= 15 is 0 Å². The molecule has 3 rings (SSSR count). The Morgan fingerprint density at radius 1 is 1.03 bits per heavy atom. The van der Waals surface area contributed by atoms with Crippen molar-refractivity contribution in [3.8, 4) is 0 Å². The molecule has 1 heterocycles. The van der Waals surface area contributed by atoms with Crippen LogP contribution in [0.25, 0.3) is 11.0 Å². The Morgan fingerprint density at radius 3 is 2.60 bits per heavy atom. The number of alkyl halides is 3. The van der Waals surface area contributed by atoms with Crippen LogP contribution in [0, 0.1) is 0 Å². The first kappa shape index (κ1) is 22.7. The molecule has 7 heteroatoms. The number of halogens is 3. The third kappa shape index (κ3) is 5.79. The minimum Gasteiger partial charge on any atom is -0.327 e. The van der Waals surface area contributed by atoms with Gasteiger partial charge in [0.1, 0.15) is 5.82 Å². The van der Waals surface area contributed by atoms with E-state index in [0.717, 1.165) is 54.5 Å². The number of nitrogens with zero attached hydrogens (tertiary/aromatic N) is 2. The van der Waals surface area contributed by atoms with Crippen LogP contribution in [0.3, 0.4) is 0 Å². The van der Waals surface area contributed by atoms with Crippen molar-refractivity contribution in [3.05, 3.63) is 59.4 Å². The summed E-state index contributed by atoms with van der Waals surface area (Å²) in [5.74, 6) is 2.00. The zero-order valence-electron chi connectivity index (χ0n) is 17.4. The Hall–Kier alpha value is -1.99. The maximum Gasteiger partial charge on any atom is 0.416 e. The van der Waals surface area contributed by atoms with Gasteiger partial charge in [-0.15, -0.1) is 11.8 Å². The lowest BCUT2D eigenvalue weighted by atomic mass is 10.1. The number of aryl methyl sites for hydroxylation is 1. The third-order valence-electron chi connectivity index (χ3n) is 4.87. The first-order chi connectivity index (χ1) is 14.4.